The highest BCUT2D eigenvalue weighted by atomic mass is 127. The van der Waals surface area contributed by atoms with Crippen molar-refractivity contribution in [1.29, 1.82) is 0 Å². The first-order valence-electron chi connectivity index (χ1n) is 8.47. The van der Waals surface area contributed by atoms with Crippen molar-refractivity contribution < 1.29 is 4.42 Å². The molecule has 1 aromatic rings. The van der Waals surface area contributed by atoms with E-state index >= 15 is 0 Å². The summed E-state index contributed by atoms with van der Waals surface area (Å²) in [6.45, 7) is 0.788. The molecule has 3 aliphatic carbocycles. The summed E-state index contributed by atoms with van der Waals surface area (Å²) in [7, 11) is 0. The van der Waals surface area contributed by atoms with Crippen molar-refractivity contribution in [2.75, 3.05) is 6.54 Å². The molecule has 0 amide bonds. The van der Waals surface area contributed by atoms with Gasteiger partial charge in [0.05, 0.1) is 6.26 Å². The third-order valence-corrected chi connectivity index (χ3v) is 5.19. The summed E-state index contributed by atoms with van der Waals surface area (Å²) in [4.78, 5) is 4.76. The number of halogens is 1. The number of guanidine groups is 1. The van der Waals surface area contributed by atoms with Crippen LogP contribution in [0.4, 0.5) is 0 Å². The second-order valence-electron chi connectivity index (χ2n) is 6.90. The molecule has 0 aliphatic heterocycles. The quantitative estimate of drug-likeness (QED) is 0.441. The van der Waals surface area contributed by atoms with Crippen LogP contribution in [0.2, 0.25) is 0 Å². The van der Waals surface area contributed by atoms with Gasteiger partial charge in [-0.3, -0.25) is 4.99 Å². The maximum Gasteiger partial charge on any atom is 0.191 e. The van der Waals surface area contributed by atoms with Crippen LogP contribution in [0.1, 0.15) is 44.3 Å². The Kier molecular flexibility index (Phi) is 5.31. The van der Waals surface area contributed by atoms with Crippen molar-refractivity contribution in [3.8, 4) is 0 Å². The van der Waals surface area contributed by atoms with Gasteiger partial charge >= 0.3 is 0 Å². The minimum Gasteiger partial charge on any atom is -0.469 e. The van der Waals surface area contributed by atoms with Crippen LogP contribution in [0.25, 0.3) is 0 Å². The molecule has 3 atom stereocenters. The van der Waals surface area contributed by atoms with E-state index in [4.69, 9.17) is 9.41 Å². The second-order valence-corrected chi connectivity index (χ2v) is 6.90. The number of furan rings is 1. The van der Waals surface area contributed by atoms with Gasteiger partial charge in [-0.15, -0.1) is 24.0 Å². The van der Waals surface area contributed by atoms with Gasteiger partial charge in [-0.2, -0.15) is 0 Å². The molecule has 1 aromatic heterocycles. The van der Waals surface area contributed by atoms with Crippen LogP contribution in [0.15, 0.2) is 27.8 Å². The molecule has 122 valence electrons. The first-order valence-corrected chi connectivity index (χ1v) is 8.47. The molecule has 2 N–H and O–H groups in total. The van der Waals surface area contributed by atoms with Gasteiger partial charge in [0, 0.05) is 25.0 Å². The summed E-state index contributed by atoms with van der Waals surface area (Å²) in [5.41, 5.74) is 0. The number of nitrogens with one attached hydrogen (secondary N) is 2. The third kappa shape index (κ3) is 3.97. The van der Waals surface area contributed by atoms with Gasteiger partial charge < -0.3 is 15.1 Å². The maximum absolute atomic E-state index is 5.37. The molecular weight excluding hydrogens is 389 g/mol. The highest BCUT2D eigenvalue weighted by Gasteiger charge is 2.40. The largest absolute Gasteiger partial charge is 0.469 e. The lowest BCUT2D eigenvalue weighted by atomic mass is 9.95. The Labute approximate surface area is 149 Å². The van der Waals surface area contributed by atoms with E-state index < -0.39 is 0 Å². The Hall–Kier alpha value is -0.720. The number of nitrogens with zero attached hydrogens (tertiary/aromatic N) is 1. The number of fused-ring (bicyclic) bond motifs is 2. The molecule has 0 aromatic carbocycles. The van der Waals surface area contributed by atoms with Gasteiger partial charge in [0.25, 0.3) is 0 Å². The van der Waals surface area contributed by atoms with E-state index in [0.717, 1.165) is 36.5 Å². The van der Waals surface area contributed by atoms with Crippen molar-refractivity contribution in [3.63, 3.8) is 0 Å². The molecule has 22 heavy (non-hydrogen) atoms. The molecular formula is C17H26IN3O. The summed E-state index contributed by atoms with van der Waals surface area (Å²) in [6.07, 6.45) is 10.8. The number of hydrogen-bond donors (Lipinski definition) is 2. The van der Waals surface area contributed by atoms with Crippen LogP contribution in [0.3, 0.4) is 0 Å². The van der Waals surface area contributed by atoms with Crippen LogP contribution < -0.4 is 10.6 Å². The summed E-state index contributed by atoms with van der Waals surface area (Å²) in [5, 5.41) is 7.27. The lowest BCUT2D eigenvalue weighted by Gasteiger charge is -2.25. The molecule has 1 heterocycles. The number of hydrogen-bond acceptors (Lipinski definition) is 2. The van der Waals surface area contributed by atoms with Gasteiger partial charge in [0.15, 0.2) is 5.96 Å². The molecule has 2 bridgehead atoms. The van der Waals surface area contributed by atoms with E-state index in [1.165, 1.54) is 38.5 Å². The van der Waals surface area contributed by atoms with Crippen LogP contribution in [0, 0.1) is 11.8 Å². The van der Waals surface area contributed by atoms with Gasteiger partial charge in [-0.1, -0.05) is 6.42 Å². The van der Waals surface area contributed by atoms with Crippen LogP contribution in [-0.4, -0.2) is 24.6 Å². The monoisotopic (exact) mass is 415 g/mol. The van der Waals surface area contributed by atoms with Crippen molar-refractivity contribution in [2.45, 2.75) is 57.0 Å². The average Bonchev–Trinajstić information content (AvgIpc) is 2.93. The molecule has 4 nitrogen and oxygen atoms in total. The highest BCUT2D eigenvalue weighted by Crippen LogP contribution is 2.44. The van der Waals surface area contributed by atoms with E-state index in [-0.39, 0.29) is 24.0 Å². The zero-order valence-electron chi connectivity index (χ0n) is 13.0. The Morgan fingerprint density at radius 2 is 2.09 bits per heavy atom. The number of aliphatic imine (C=N–C) groups is 1. The summed E-state index contributed by atoms with van der Waals surface area (Å²) < 4.78 is 5.37. The highest BCUT2D eigenvalue weighted by molar-refractivity contribution is 14.0. The normalized spacial score (nSPS) is 30.2. The average molecular weight is 415 g/mol. The maximum atomic E-state index is 5.37. The van der Waals surface area contributed by atoms with Gasteiger partial charge in [0.2, 0.25) is 0 Å². The second kappa shape index (κ2) is 7.23. The summed E-state index contributed by atoms with van der Waals surface area (Å²) >= 11 is 0. The van der Waals surface area contributed by atoms with Crippen molar-refractivity contribution >= 4 is 29.9 Å². The van der Waals surface area contributed by atoms with E-state index in [2.05, 4.69) is 10.6 Å². The lowest BCUT2D eigenvalue weighted by Crippen LogP contribution is -2.46. The SMILES string of the molecule is I.c1coc(CCN=C(NC2CC2)NC2CC3CCC2C3)c1. The lowest BCUT2D eigenvalue weighted by molar-refractivity contribution is 0.387. The predicted molar refractivity (Wildman–Crippen MR) is 98.7 cm³/mol. The fourth-order valence-electron chi connectivity index (χ4n) is 3.88. The first kappa shape index (κ1) is 16.1. The van der Waals surface area contributed by atoms with Gasteiger partial charge in [-0.25, -0.2) is 0 Å². The zero-order chi connectivity index (χ0) is 14.1. The minimum atomic E-state index is 0. The topological polar surface area (TPSA) is 49.6 Å². The fourth-order valence-corrected chi connectivity index (χ4v) is 3.88. The minimum absolute atomic E-state index is 0. The van der Waals surface area contributed by atoms with E-state index in [1.807, 2.05) is 12.1 Å². The van der Waals surface area contributed by atoms with Gasteiger partial charge in [-0.05, 0) is 56.1 Å². The molecule has 5 heteroatoms. The molecule has 0 saturated heterocycles. The van der Waals surface area contributed by atoms with Crippen molar-refractivity contribution in [1.82, 2.24) is 10.6 Å². The van der Waals surface area contributed by atoms with Crippen LogP contribution in [0.5, 0.6) is 0 Å². The molecule has 4 rings (SSSR count). The Bertz CT molecular complexity index is 498. The van der Waals surface area contributed by atoms with Crippen molar-refractivity contribution in [3.05, 3.63) is 24.2 Å². The third-order valence-electron chi connectivity index (χ3n) is 5.19. The summed E-state index contributed by atoms with van der Waals surface area (Å²) in [6, 6.07) is 5.26. The molecule has 0 radical (unpaired) electrons. The van der Waals surface area contributed by atoms with E-state index in [1.54, 1.807) is 6.26 Å². The Morgan fingerprint density at radius 3 is 2.73 bits per heavy atom. The molecule has 3 saturated carbocycles. The molecule has 0 spiro atoms. The predicted octanol–water partition coefficient (Wildman–Crippen LogP) is 3.33. The zero-order valence-corrected chi connectivity index (χ0v) is 15.3. The van der Waals surface area contributed by atoms with Crippen LogP contribution >= 0.6 is 24.0 Å². The standard InChI is InChI=1S/C17H25N3O.HI/c1-2-15(21-9-1)7-8-18-17(19-14-5-6-14)20-16-11-12-3-4-13(16)10-12;/h1-2,9,12-14,16H,3-8,10-11H2,(H2,18,19,20);1H. The van der Waals surface area contributed by atoms with Crippen molar-refractivity contribution in [2.24, 2.45) is 16.8 Å². The number of rotatable bonds is 5. The van der Waals surface area contributed by atoms with E-state index in [9.17, 15) is 0 Å². The van der Waals surface area contributed by atoms with Gasteiger partial charge in [0.1, 0.15) is 5.76 Å². The van der Waals surface area contributed by atoms with E-state index in [0.29, 0.717) is 12.1 Å². The Balaban J connectivity index is 0.00000144. The molecule has 3 unspecified atom stereocenters. The first-order chi connectivity index (χ1) is 10.4. The fraction of sp³-hybridized carbons (Fsp3) is 0.706. The van der Waals surface area contributed by atoms with Crippen LogP contribution in [-0.2, 0) is 6.42 Å². The molecule has 3 fully saturated rings. The molecule has 3 aliphatic rings. The summed E-state index contributed by atoms with van der Waals surface area (Å²) in [5.74, 6) is 3.90. The Morgan fingerprint density at radius 1 is 1.18 bits per heavy atom. The smallest absolute Gasteiger partial charge is 0.191 e.